The van der Waals surface area contributed by atoms with E-state index in [-0.39, 0.29) is 17.9 Å². The molecule has 2 amide bonds. The van der Waals surface area contributed by atoms with Crippen LogP contribution >= 0.6 is 23.4 Å². The van der Waals surface area contributed by atoms with Crippen LogP contribution in [0.25, 0.3) is 0 Å². The zero-order valence-corrected chi connectivity index (χ0v) is 16.3. The van der Waals surface area contributed by atoms with Crippen LogP contribution in [-0.2, 0) is 20.1 Å². The molecule has 0 aliphatic carbocycles. The average Bonchev–Trinajstić information content (AvgIpc) is 3.20. The number of thioether (sulfide) groups is 1. The van der Waals surface area contributed by atoms with Crippen molar-refractivity contribution in [3.8, 4) is 0 Å². The van der Waals surface area contributed by atoms with Gasteiger partial charge in [0.15, 0.2) is 0 Å². The van der Waals surface area contributed by atoms with E-state index in [0.29, 0.717) is 28.8 Å². The summed E-state index contributed by atoms with van der Waals surface area (Å²) < 4.78 is 5.36. The number of nitrogens with one attached hydrogen (secondary N) is 2. The number of benzene rings is 2. The number of carbonyl (C=O) groups excluding carboxylic acids is 2. The Balaban J connectivity index is 1.41. The van der Waals surface area contributed by atoms with Gasteiger partial charge in [-0.05, 0) is 54.8 Å². The summed E-state index contributed by atoms with van der Waals surface area (Å²) in [5, 5.41) is 6.39. The second-order valence-corrected chi connectivity index (χ2v) is 7.66. The molecule has 27 heavy (non-hydrogen) atoms. The Labute approximate surface area is 167 Å². The molecule has 2 N–H and O–H groups in total. The molecule has 1 saturated heterocycles. The first kappa shape index (κ1) is 19.7. The monoisotopic (exact) mass is 404 g/mol. The number of amides is 2. The molecule has 0 saturated carbocycles. The number of rotatable bonds is 7. The zero-order chi connectivity index (χ0) is 19.1. The van der Waals surface area contributed by atoms with Gasteiger partial charge in [0.25, 0.3) is 5.91 Å². The molecular formula is C20H21ClN2O3S. The minimum absolute atomic E-state index is 0.0647. The second-order valence-electron chi connectivity index (χ2n) is 6.24. The smallest absolute Gasteiger partial charge is 0.253 e. The van der Waals surface area contributed by atoms with E-state index < -0.39 is 0 Å². The lowest BCUT2D eigenvalue weighted by Crippen LogP contribution is -2.26. The van der Waals surface area contributed by atoms with Gasteiger partial charge in [-0.15, -0.1) is 11.8 Å². The molecule has 1 aliphatic heterocycles. The molecular weight excluding hydrogens is 384 g/mol. The Morgan fingerprint density at radius 3 is 2.33 bits per heavy atom. The third kappa shape index (κ3) is 6.27. The van der Waals surface area contributed by atoms with Crippen molar-refractivity contribution in [1.82, 2.24) is 0 Å². The van der Waals surface area contributed by atoms with Crippen molar-refractivity contribution >= 4 is 46.6 Å². The van der Waals surface area contributed by atoms with E-state index in [1.54, 1.807) is 24.3 Å². The van der Waals surface area contributed by atoms with Gasteiger partial charge in [0.1, 0.15) is 6.10 Å². The molecule has 1 fully saturated rings. The number of hydrogen-bond donors (Lipinski definition) is 2. The van der Waals surface area contributed by atoms with E-state index in [1.165, 1.54) is 11.8 Å². The molecule has 0 aromatic heterocycles. The van der Waals surface area contributed by atoms with Crippen LogP contribution in [0.1, 0.15) is 18.4 Å². The molecule has 142 valence electrons. The van der Waals surface area contributed by atoms with E-state index in [4.69, 9.17) is 16.3 Å². The fourth-order valence-electron chi connectivity index (χ4n) is 2.68. The number of halogens is 1. The van der Waals surface area contributed by atoms with Crippen LogP contribution in [-0.4, -0.2) is 30.3 Å². The maximum absolute atomic E-state index is 12.1. The standard InChI is InChI=1S/C20H21ClN2O3S/c21-15-5-3-14(4-6-15)12-27-13-19(24)22-16-7-9-17(10-8-16)23-20(25)18-2-1-11-26-18/h3-10,18H,1-2,11-13H2,(H,22,24)(H,23,25). The van der Waals surface area contributed by atoms with Crippen molar-refractivity contribution in [2.75, 3.05) is 23.0 Å². The van der Waals surface area contributed by atoms with Crippen LogP contribution in [0, 0.1) is 0 Å². The van der Waals surface area contributed by atoms with Gasteiger partial charge in [0.05, 0.1) is 5.75 Å². The second kappa shape index (κ2) is 9.78. The van der Waals surface area contributed by atoms with Gasteiger partial charge >= 0.3 is 0 Å². The highest BCUT2D eigenvalue weighted by Crippen LogP contribution is 2.19. The first-order chi connectivity index (χ1) is 13.1. The fourth-order valence-corrected chi connectivity index (χ4v) is 3.60. The Kier molecular flexibility index (Phi) is 7.15. The van der Waals surface area contributed by atoms with Gasteiger partial charge in [-0.3, -0.25) is 9.59 Å². The van der Waals surface area contributed by atoms with Crippen LogP contribution in [0.4, 0.5) is 11.4 Å². The quantitative estimate of drug-likeness (QED) is 0.720. The molecule has 3 rings (SSSR count). The molecule has 5 nitrogen and oxygen atoms in total. The van der Waals surface area contributed by atoms with Crippen LogP contribution in [0.2, 0.25) is 5.02 Å². The predicted octanol–water partition coefficient (Wildman–Crippen LogP) is 4.33. The summed E-state index contributed by atoms with van der Waals surface area (Å²) in [4.78, 5) is 24.1. The Morgan fingerprint density at radius 1 is 1.04 bits per heavy atom. The summed E-state index contributed by atoms with van der Waals surface area (Å²) >= 11 is 7.40. The van der Waals surface area contributed by atoms with Crippen molar-refractivity contribution in [1.29, 1.82) is 0 Å². The first-order valence-electron chi connectivity index (χ1n) is 8.75. The van der Waals surface area contributed by atoms with Crippen molar-refractivity contribution in [3.63, 3.8) is 0 Å². The molecule has 7 heteroatoms. The topological polar surface area (TPSA) is 67.4 Å². The summed E-state index contributed by atoms with van der Waals surface area (Å²) in [5.74, 6) is 0.923. The van der Waals surface area contributed by atoms with Gasteiger partial charge in [0.2, 0.25) is 5.91 Å². The zero-order valence-electron chi connectivity index (χ0n) is 14.7. The van der Waals surface area contributed by atoms with E-state index >= 15 is 0 Å². The molecule has 1 heterocycles. The summed E-state index contributed by atoms with van der Waals surface area (Å²) in [6.07, 6.45) is 1.31. The lowest BCUT2D eigenvalue weighted by atomic mass is 10.2. The Bertz CT molecular complexity index is 775. The van der Waals surface area contributed by atoms with Gasteiger partial charge in [-0.25, -0.2) is 0 Å². The molecule has 2 aromatic rings. The van der Waals surface area contributed by atoms with E-state index in [1.807, 2.05) is 24.3 Å². The molecule has 1 unspecified atom stereocenters. The molecule has 1 aliphatic rings. The normalized spacial score (nSPS) is 16.1. The summed E-state index contributed by atoms with van der Waals surface area (Å²) in [5.41, 5.74) is 2.51. The van der Waals surface area contributed by atoms with Crippen molar-refractivity contribution in [2.45, 2.75) is 24.7 Å². The van der Waals surface area contributed by atoms with Crippen LogP contribution in [0.5, 0.6) is 0 Å². The highest BCUT2D eigenvalue weighted by Gasteiger charge is 2.23. The van der Waals surface area contributed by atoms with Gasteiger partial charge < -0.3 is 15.4 Å². The molecule has 1 atom stereocenters. The van der Waals surface area contributed by atoms with Crippen LogP contribution < -0.4 is 10.6 Å². The van der Waals surface area contributed by atoms with E-state index in [0.717, 1.165) is 24.2 Å². The van der Waals surface area contributed by atoms with Gasteiger partial charge in [-0.2, -0.15) is 0 Å². The number of ether oxygens (including phenoxy) is 1. The third-order valence-electron chi connectivity index (χ3n) is 4.07. The number of hydrogen-bond acceptors (Lipinski definition) is 4. The number of anilines is 2. The summed E-state index contributed by atoms with van der Waals surface area (Å²) in [7, 11) is 0. The lowest BCUT2D eigenvalue weighted by molar-refractivity contribution is -0.124. The van der Waals surface area contributed by atoms with Crippen LogP contribution in [0.3, 0.4) is 0 Å². The van der Waals surface area contributed by atoms with Crippen molar-refractivity contribution in [2.24, 2.45) is 0 Å². The SMILES string of the molecule is O=C(CSCc1ccc(Cl)cc1)Nc1ccc(NC(=O)C2CCCO2)cc1. The molecule has 0 bridgehead atoms. The first-order valence-corrected chi connectivity index (χ1v) is 10.3. The van der Waals surface area contributed by atoms with Crippen molar-refractivity contribution in [3.05, 3.63) is 59.1 Å². The van der Waals surface area contributed by atoms with Crippen molar-refractivity contribution < 1.29 is 14.3 Å². The fraction of sp³-hybridized carbons (Fsp3) is 0.300. The number of carbonyl (C=O) groups is 2. The Morgan fingerprint density at radius 2 is 1.70 bits per heavy atom. The minimum Gasteiger partial charge on any atom is -0.368 e. The highest BCUT2D eigenvalue weighted by atomic mass is 35.5. The third-order valence-corrected chi connectivity index (χ3v) is 5.33. The summed E-state index contributed by atoms with van der Waals surface area (Å²) in [6, 6.07) is 14.7. The predicted molar refractivity (Wildman–Crippen MR) is 110 cm³/mol. The highest BCUT2D eigenvalue weighted by molar-refractivity contribution is 7.99. The Hall–Kier alpha value is -2.02. The van der Waals surface area contributed by atoms with Gasteiger partial charge in [-0.1, -0.05) is 23.7 Å². The molecule has 2 aromatic carbocycles. The average molecular weight is 405 g/mol. The van der Waals surface area contributed by atoms with Crippen LogP contribution in [0.15, 0.2) is 48.5 Å². The maximum Gasteiger partial charge on any atom is 0.253 e. The summed E-state index contributed by atoms with van der Waals surface area (Å²) in [6.45, 7) is 0.638. The lowest BCUT2D eigenvalue weighted by Gasteiger charge is -2.11. The minimum atomic E-state index is -0.359. The largest absolute Gasteiger partial charge is 0.368 e. The maximum atomic E-state index is 12.1. The van der Waals surface area contributed by atoms with E-state index in [2.05, 4.69) is 10.6 Å². The van der Waals surface area contributed by atoms with E-state index in [9.17, 15) is 9.59 Å². The molecule has 0 spiro atoms. The van der Waals surface area contributed by atoms with Gasteiger partial charge in [0, 0.05) is 28.8 Å². The molecule has 0 radical (unpaired) electrons.